The molecule has 0 aliphatic rings. The lowest BCUT2D eigenvalue weighted by molar-refractivity contribution is -0.120. The Bertz CT molecular complexity index is 458. The molecule has 0 N–H and O–H groups in total. The Labute approximate surface area is 117 Å². The molecular weight excluding hydrogens is 273 g/mol. The lowest BCUT2D eigenvalue weighted by atomic mass is 10.2. The van der Waals surface area contributed by atoms with Gasteiger partial charge in [0.2, 0.25) is 0 Å². The summed E-state index contributed by atoms with van der Waals surface area (Å²) in [6.07, 6.45) is 2.54. The van der Waals surface area contributed by atoms with Crippen molar-refractivity contribution in [1.29, 1.82) is 0 Å². The van der Waals surface area contributed by atoms with Gasteiger partial charge in [0.15, 0.2) is 11.9 Å². The second-order valence-electron chi connectivity index (χ2n) is 4.02. The first-order chi connectivity index (χ1) is 8.40. The quantitative estimate of drug-likeness (QED) is 0.778. The number of benzene rings is 1. The summed E-state index contributed by atoms with van der Waals surface area (Å²) in [4.78, 5) is 13.5. The maximum Gasteiger partial charge on any atom is 0.197 e. The highest BCUT2D eigenvalue weighted by molar-refractivity contribution is 6.35. The number of rotatable bonds is 5. The van der Waals surface area contributed by atoms with Crippen LogP contribution < -0.4 is 4.74 Å². The van der Waals surface area contributed by atoms with Gasteiger partial charge in [-0.15, -0.1) is 0 Å². The zero-order valence-corrected chi connectivity index (χ0v) is 12.0. The van der Waals surface area contributed by atoms with Gasteiger partial charge in [-0.2, -0.15) is 0 Å². The van der Waals surface area contributed by atoms with Crippen molar-refractivity contribution in [3.8, 4) is 5.75 Å². The third kappa shape index (κ3) is 4.59. The number of halogens is 2. The van der Waals surface area contributed by atoms with Crippen molar-refractivity contribution in [3.63, 3.8) is 0 Å². The van der Waals surface area contributed by atoms with Crippen LogP contribution in [0.5, 0.6) is 5.75 Å². The molecule has 0 unspecified atom stereocenters. The van der Waals surface area contributed by atoms with Crippen molar-refractivity contribution in [2.75, 3.05) is 14.1 Å². The average Bonchev–Trinajstić information content (AvgIpc) is 2.29. The summed E-state index contributed by atoms with van der Waals surface area (Å²) in [5, 5.41) is 0.914. The molecule has 5 heteroatoms. The van der Waals surface area contributed by atoms with Gasteiger partial charge in [-0.05, 0) is 25.1 Å². The Balaban J connectivity index is 2.69. The number of carbonyl (C=O) groups is 1. The summed E-state index contributed by atoms with van der Waals surface area (Å²) in [7, 11) is 3.68. The van der Waals surface area contributed by atoms with Crippen LogP contribution in [0.3, 0.4) is 0 Å². The molecule has 0 heterocycles. The maximum absolute atomic E-state index is 11.7. The van der Waals surface area contributed by atoms with Crippen molar-refractivity contribution in [1.82, 2.24) is 4.90 Å². The zero-order chi connectivity index (χ0) is 13.7. The number of hydrogen-bond acceptors (Lipinski definition) is 3. The average molecular weight is 288 g/mol. The van der Waals surface area contributed by atoms with E-state index in [0.717, 1.165) is 0 Å². The number of ketones is 1. The van der Waals surface area contributed by atoms with Crippen LogP contribution in [-0.2, 0) is 4.79 Å². The minimum Gasteiger partial charge on any atom is -0.481 e. The summed E-state index contributed by atoms with van der Waals surface area (Å²) >= 11 is 11.7. The van der Waals surface area contributed by atoms with Gasteiger partial charge in [0.1, 0.15) is 5.75 Å². The topological polar surface area (TPSA) is 29.5 Å². The van der Waals surface area contributed by atoms with Gasteiger partial charge in [0, 0.05) is 31.4 Å². The standard InChI is InChI=1S/C13H15Cl2NO2/c1-9(12(17)6-7-16(2)3)18-13-5-4-10(14)8-11(13)15/h4-9H,1-3H3/b7-6+/t9-/m0/s1. The van der Waals surface area contributed by atoms with Crippen LogP contribution in [-0.4, -0.2) is 30.9 Å². The summed E-state index contributed by atoms with van der Waals surface area (Å²) in [5.41, 5.74) is 0. The van der Waals surface area contributed by atoms with Crippen molar-refractivity contribution in [2.45, 2.75) is 13.0 Å². The van der Waals surface area contributed by atoms with Gasteiger partial charge in [0.25, 0.3) is 0 Å². The van der Waals surface area contributed by atoms with E-state index in [9.17, 15) is 4.79 Å². The second kappa shape index (κ2) is 6.66. The first-order valence-corrected chi connectivity index (χ1v) is 6.16. The summed E-state index contributed by atoms with van der Waals surface area (Å²) in [6, 6.07) is 4.88. The van der Waals surface area contributed by atoms with E-state index >= 15 is 0 Å². The van der Waals surface area contributed by atoms with Crippen LogP contribution in [0.1, 0.15) is 6.92 Å². The Morgan fingerprint density at radius 3 is 2.61 bits per heavy atom. The SMILES string of the molecule is C[C@H](Oc1ccc(Cl)cc1Cl)C(=O)/C=C/N(C)C. The lowest BCUT2D eigenvalue weighted by Gasteiger charge is -2.13. The fraction of sp³-hybridized carbons (Fsp3) is 0.308. The predicted molar refractivity (Wildman–Crippen MR) is 74.4 cm³/mol. The Kier molecular flexibility index (Phi) is 5.51. The largest absolute Gasteiger partial charge is 0.481 e. The van der Waals surface area contributed by atoms with Gasteiger partial charge in [-0.3, -0.25) is 4.79 Å². The van der Waals surface area contributed by atoms with E-state index < -0.39 is 6.10 Å². The van der Waals surface area contributed by atoms with Crippen molar-refractivity contribution in [2.24, 2.45) is 0 Å². The molecule has 0 amide bonds. The highest BCUT2D eigenvalue weighted by Crippen LogP contribution is 2.28. The molecule has 0 aliphatic carbocycles. The molecule has 1 aromatic rings. The smallest absolute Gasteiger partial charge is 0.197 e. The fourth-order valence-corrected chi connectivity index (χ4v) is 1.63. The van der Waals surface area contributed by atoms with Gasteiger partial charge in [-0.1, -0.05) is 23.2 Å². The Morgan fingerprint density at radius 2 is 2.06 bits per heavy atom. The molecule has 98 valence electrons. The van der Waals surface area contributed by atoms with E-state index in [2.05, 4.69) is 0 Å². The maximum atomic E-state index is 11.7. The monoisotopic (exact) mass is 287 g/mol. The van der Waals surface area contributed by atoms with Crippen LogP contribution in [0.2, 0.25) is 10.0 Å². The second-order valence-corrected chi connectivity index (χ2v) is 4.86. The molecule has 1 atom stereocenters. The van der Waals surface area contributed by atoms with Gasteiger partial charge in [0.05, 0.1) is 5.02 Å². The van der Waals surface area contributed by atoms with Crippen molar-refractivity contribution < 1.29 is 9.53 Å². The van der Waals surface area contributed by atoms with E-state index in [0.29, 0.717) is 15.8 Å². The summed E-state index contributed by atoms with van der Waals surface area (Å²) in [5.74, 6) is 0.315. The highest BCUT2D eigenvalue weighted by Gasteiger charge is 2.13. The molecule has 0 aromatic heterocycles. The minimum atomic E-state index is -0.597. The van der Waals surface area contributed by atoms with Crippen molar-refractivity contribution in [3.05, 3.63) is 40.5 Å². The molecule has 18 heavy (non-hydrogen) atoms. The molecule has 0 spiro atoms. The molecular formula is C13H15Cl2NO2. The third-order valence-electron chi connectivity index (χ3n) is 2.14. The molecule has 0 saturated carbocycles. The zero-order valence-electron chi connectivity index (χ0n) is 10.5. The van der Waals surface area contributed by atoms with E-state index in [1.165, 1.54) is 6.08 Å². The fourth-order valence-electron chi connectivity index (χ4n) is 1.18. The minimum absolute atomic E-state index is 0.130. The Hall–Kier alpha value is -1.19. The number of carbonyl (C=O) groups excluding carboxylic acids is 1. The molecule has 0 radical (unpaired) electrons. The number of ether oxygens (including phenoxy) is 1. The molecule has 1 aromatic carbocycles. The normalized spacial score (nSPS) is 12.5. The van der Waals surface area contributed by atoms with E-state index in [1.807, 2.05) is 14.1 Å². The van der Waals surface area contributed by atoms with E-state index in [-0.39, 0.29) is 5.78 Å². The van der Waals surface area contributed by atoms with Crippen LogP contribution >= 0.6 is 23.2 Å². The molecule has 0 fully saturated rings. The van der Waals surface area contributed by atoms with Crippen LogP contribution in [0.4, 0.5) is 0 Å². The van der Waals surface area contributed by atoms with E-state index in [1.54, 1.807) is 36.2 Å². The van der Waals surface area contributed by atoms with Gasteiger partial charge in [-0.25, -0.2) is 0 Å². The van der Waals surface area contributed by atoms with E-state index in [4.69, 9.17) is 27.9 Å². The van der Waals surface area contributed by atoms with Crippen molar-refractivity contribution >= 4 is 29.0 Å². The first-order valence-electron chi connectivity index (χ1n) is 5.40. The Morgan fingerprint density at radius 1 is 1.39 bits per heavy atom. The first kappa shape index (κ1) is 14.9. The van der Waals surface area contributed by atoms with Crippen LogP contribution in [0, 0.1) is 0 Å². The third-order valence-corrected chi connectivity index (χ3v) is 2.67. The molecule has 3 nitrogen and oxygen atoms in total. The summed E-state index contributed by atoms with van der Waals surface area (Å²) in [6.45, 7) is 1.67. The van der Waals surface area contributed by atoms with Crippen LogP contribution in [0.15, 0.2) is 30.5 Å². The molecule has 1 rings (SSSR count). The van der Waals surface area contributed by atoms with Gasteiger partial charge >= 0.3 is 0 Å². The number of nitrogens with zero attached hydrogens (tertiary/aromatic N) is 1. The van der Waals surface area contributed by atoms with Gasteiger partial charge < -0.3 is 9.64 Å². The van der Waals surface area contributed by atoms with Crippen LogP contribution in [0.25, 0.3) is 0 Å². The molecule has 0 bridgehead atoms. The lowest BCUT2D eigenvalue weighted by Crippen LogP contribution is -2.22. The summed E-state index contributed by atoms with van der Waals surface area (Å²) < 4.78 is 5.48. The molecule has 0 saturated heterocycles. The highest BCUT2D eigenvalue weighted by atomic mass is 35.5. The number of hydrogen-bond donors (Lipinski definition) is 0. The molecule has 0 aliphatic heterocycles. The predicted octanol–water partition coefficient (Wildman–Crippen LogP) is 3.41.